The number of aromatic nitrogens is 3. The van der Waals surface area contributed by atoms with Crippen LogP contribution < -0.4 is 10.9 Å². The number of anilines is 1. The van der Waals surface area contributed by atoms with E-state index in [0.29, 0.717) is 17.1 Å². The Kier molecular flexibility index (Phi) is 4.18. The largest absolute Gasteiger partial charge is 0.310 e. The summed E-state index contributed by atoms with van der Waals surface area (Å²) in [5.74, 6) is 0.921. The second kappa shape index (κ2) is 6.47. The smallest absolute Gasteiger partial charge is 0.270 e. The number of amides is 1. The third kappa shape index (κ3) is 2.77. The van der Waals surface area contributed by atoms with E-state index in [1.54, 1.807) is 12.4 Å². The summed E-state index contributed by atoms with van der Waals surface area (Å²) < 4.78 is 1.91. The van der Waals surface area contributed by atoms with E-state index in [4.69, 9.17) is 0 Å². The number of thioether (sulfide) groups is 1. The fourth-order valence-corrected chi connectivity index (χ4v) is 4.76. The first-order valence-electron chi connectivity index (χ1n) is 8.40. The van der Waals surface area contributed by atoms with Crippen molar-refractivity contribution in [3.63, 3.8) is 0 Å². The van der Waals surface area contributed by atoms with E-state index in [1.165, 1.54) is 18.2 Å². The second-order valence-electron chi connectivity index (χ2n) is 6.39. The zero-order valence-corrected chi connectivity index (χ0v) is 14.1. The fourth-order valence-electron chi connectivity index (χ4n) is 3.65. The van der Waals surface area contributed by atoms with Crippen LogP contribution in [0, 0.1) is 0 Å². The van der Waals surface area contributed by atoms with Crippen LogP contribution in [0.1, 0.15) is 54.5 Å². The van der Waals surface area contributed by atoms with Crippen LogP contribution in [0.4, 0.5) is 5.82 Å². The first kappa shape index (κ1) is 15.5. The van der Waals surface area contributed by atoms with Crippen molar-refractivity contribution in [1.82, 2.24) is 14.8 Å². The van der Waals surface area contributed by atoms with Gasteiger partial charge in [0.25, 0.3) is 5.56 Å². The van der Waals surface area contributed by atoms with Crippen LogP contribution in [0.15, 0.2) is 29.3 Å². The molecule has 1 saturated carbocycles. The standard InChI is InChI=1S/C17H20N4O2S/c22-13-10-24-15(11-5-4-8-18-9-11)14-16(19-13)21(20-17(14)23)12-6-2-1-3-7-12/h4-5,8-9,12,15H,1-3,6-7,10H2,(H,19,22)(H,20,23). The molecule has 7 heteroatoms. The van der Waals surface area contributed by atoms with Crippen LogP contribution in [0.3, 0.4) is 0 Å². The second-order valence-corrected chi connectivity index (χ2v) is 7.48. The number of aromatic amines is 1. The van der Waals surface area contributed by atoms with Crippen molar-refractivity contribution < 1.29 is 4.79 Å². The van der Waals surface area contributed by atoms with Crippen LogP contribution in [-0.4, -0.2) is 26.4 Å². The Morgan fingerprint density at radius 3 is 2.79 bits per heavy atom. The summed E-state index contributed by atoms with van der Waals surface area (Å²) in [7, 11) is 0. The minimum atomic E-state index is -0.179. The normalized spacial score (nSPS) is 21.8. The summed E-state index contributed by atoms with van der Waals surface area (Å²) in [4.78, 5) is 29.1. The number of carbonyl (C=O) groups is 1. The molecule has 1 aliphatic heterocycles. The minimum Gasteiger partial charge on any atom is -0.310 e. The summed E-state index contributed by atoms with van der Waals surface area (Å²) in [5, 5.41) is 5.77. The molecule has 2 aliphatic rings. The lowest BCUT2D eigenvalue weighted by Crippen LogP contribution is -2.21. The zero-order chi connectivity index (χ0) is 16.5. The van der Waals surface area contributed by atoms with Crippen molar-refractivity contribution in [3.05, 3.63) is 46.0 Å². The molecule has 1 amide bonds. The first-order valence-corrected chi connectivity index (χ1v) is 9.44. The van der Waals surface area contributed by atoms with Crippen LogP contribution in [-0.2, 0) is 4.79 Å². The summed E-state index contributed by atoms with van der Waals surface area (Å²) in [5.41, 5.74) is 1.48. The summed E-state index contributed by atoms with van der Waals surface area (Å²) in [6.07, 6.45) is 9.13. The van der Waals surface area contributed by atoms with Gasteiger partial charge in [0, 0.05) is 12.4 Å². The van der Waals surface area contributed by atoms with Gasteiger partial charge in [0.1, 0.15) is 5.82 Å². The molecule has 2 N–H and O–H groups in total. The molecule has 126 valence electrons. The molecule has 2 aromatic heterocycles. The molecule has 1 atom stereocenters. The number of fused-ring (bicyclic) bond motifs is 1. The van der Waals surface area contributed by atoms with Gasteiger partial charge in [-0.15, -0.1) is 11.8 Å². The topological polar surface area (TPSA) is 79.8 Å². The Balaban J connectivity index is 1.82. The Hall–Kier alpha value is -2.02. The molecule has 6 nitrogen and oxygen atoms in total. The molecule has 2 aromatic rings. The number of H-pyrrole nitrogens is 1. The average Bonchev–Trinajstić information content (AvgIpc) is 2.83. The molecular weight excluding hydrogens is 324 g/mol. The van der Waals surface area contributed by atoms with Gasteiger partial charge < -0.3 is 5.32 Å². The summed E-state index contributed by atoms with van der Waals surface area (Å²) in [6.45, 7) is 0. The summed E-state index contributed by atoms with van der Waals surface area (Å²) >= 11 is 1.48. The van der Waals surface area contributed by atoms with E-state index >= 15 is 0 Å². The van der Waals surface area contributed by atoms with Crippen molar-refractivity contribution in [2.24, 2.45) is 0 Å². The van der Waals surface area contributed by atoms with Crippen molar-refractivity contribution in [2.75, 3.05) is 11.1 Å². The van der Waals surface area contributed by atoms with Crippen LogP contribution in [0.5, 0.6) is 0 Å². The number of nitrogens with zero attached hydrogens (tertiary/aromatic N) is 2. The van der Waals surface area contributed by atoms with Gasteiger partial charge in [-0.25, -0.2) is 0 Å². The molecule has 0 aromatic carbocycles. The van der Waals surface area contributed by atoms with Gasteiger partial charge in [0.05, 0.1) is 22.6 Å². The number of pyridine rings is 1. The van der Waals surface area contributed by atoms with E-state index < -0.39 is 0 Å². The number of carbonyl (C=O) groups excluding carboxylic acids is 1. The Labute approximate surface area is 144 Å². The molecule has 1 unspecified atom stereocenters. The fraction of sp³-hybridized carbons (Fsp3) is 0.471. The highest BCUT2D eigenvalue weighted by molar-refractivity contribution is 8.00. The molecular formula is C17H20N4O2S. The molecule has 0 saturated heterocycles. The molecule has 1 fully saturated rings. The molecule has 3 heterocycles. The SMILES string of the molecule is O=C1CSC(c2cccnc2)c2c(n(C3CCCCC3)[nH]c2=O)N1. The molecule has 24 heavy (non-hydrogen) atoms. The van der Waals surface area contributed by atoms with Gasteiger partial charge in [0.15, 0.2) is 0 Å². The number of nitrogens with one attached hydrogen (secondary N) is 2. The lowest BCUT2D eigenvalue weighted by atomic mass is 9.95. The summed E-state index contributed by atoms with van der Waals surface area (Å²) in [6, 6.07) is 4.08. The van der Waals surface area contributed by atoms with Gasteiger partial charge in [-0.1, -0.05) is 25.3 Å². The molecule has 0 spiro atoms. The molecule has 4 rings (SSSR count). The van der Waals surface area contributed by atoms with E-state index in [1.807, 2.05) is 16.8 Å². The lowest BCUT2D eigenvalue weighted by molar-refractivity contribution is -0.113. The molecule has 0 bridgehead atoms. The van der Waals surface area contributed by atoms with Crippen molar-refractivity contribution in [2.45, 2.75) is 43.4 Å². The highest BCUT2D eigenvalue weighted by atomic mass is 32.2. The highest BCUT2D eigenvalue weighted by Crippen LogP contribution is 2.41. The molecule has 0 radical (unpaired) electrons. The van der Waals surface area contributed by atoms with Crippen molar-refractivity contribution in [3.8, 4) is 0 Å². The van der Waals surface area contributed by atoms with E-state index in [2.05, 4.69) is 15.4 Å². The van der Waals surface area contributed by atoms with Gasteiger partial charge in [0.2, 0.25) is 5.91 Å². The average molecular weight is 344 g/mol. The quantitative estimate of drug-likeness (QED) is 0.878. The number of hydrogen-bond acceptors (Lipinski definition) is 4. The van der Waals surface area contributed by atoms with Crippen molar-refractivity contribution in [1.29, 1.82) is 0 Å². The van der Waals surface area contributed by atoms with E-state index in [0.717, 1.165) is 31.2 Å². The predicted molar refractivity (Wildman–Crippen MR) is 94.3 cm³/mol. The molecule has 1 aliphatic carbocycles. The third-order valence-corrected chi connectivity index (χ3v) is 6.06. The Morgan fingerprint density at radius 2 is 2.04 bits per heavy atom. The predicted octanol–water partition coefficient (Wildman–Crippen LogP) is 2.85. The van der Waals surface area contributed by atoms with E-state index in [9.17, 15) is 9.59 Å². The van der Waals surface area contributed by atoms with Crippen LogP contribution in [0.25, 0.3) is 0 Å². The third-order valence-electron chi connectivity index (χ3n) is 4.79. The minimum absolute atomic E-state index is 0.0591. The maximum absolute atomic E-state index is 12.7. The first-order chi connectivity index (χ1) is 11.7. The van der Waals surface area contributed by atoms with Gasteiger partial charge >= 0.3 is 0 Å². The van der Waals surface area contributed by atoms with Crippen LogP contribution in [0.2, 0.25) is 0 Å². The lowest BCUT2D eigenvalue weighted by Gasteiger charge is -2.24. The monoisotopic (exact) mass is 344 g/mol. The van der Waals surface area contributed by atoms with Crippen LogP contribution >= 0.6 is 11.8 Å². The maximum Gasteiger partial charge on any atom is 0.270 e. The Bertz CT molecular complexity index is 793. The van der Waals surface area contributed by atoms with Crippen molar-refractivity contribution >= 4 is 23.5 Å². The van der Waals surface area contributed by atoms with Gasteiger partial charge in [-0.05, 0) is 24.5 Å². The number of hydrogen-bond donors (Lipinski definition) is 2. The Morgan fingerprint density at radius 1 is 1.21 bits per heavy atom. The maximum atomic E-state index is 12.7. The highest BCUT2D eigenvalue weighted by Gasteiger charge is 2.32. The van der Waals surface area contributed by atoms with Gasteiger partial charge in [-0.3, -0.25) is 24.4 Å². The number of rotatable bonds is 2. The zero-order valence-electron chi connectivity index (χ0n) is 13.3. The van der Waals surface area contributed by atoms with Gasteiger partial charge in [-0.2, -0.15) is 0 Å². The van der Waals surface area contributed by atoms with E-state index in [-0.39, 0.29) is 22.8 Å².